The van der Waals surface area contributed by atoms with Gasteiger partial charge in [-0.25, -0.2) is 0 Å². The Morgan fingerprint density at radius 1 is 1.42 bits per heavy atom. The molecule has 2 N–H and O–H groups in total. The van der Waals surface area contributed by atoms with Gasteiger partial charge in [0, 0.05) is 38.4 Å². The average molecular weight is 262 g/mol. The molecule has 4 nitrogen and oxygen atoms in total. The Bertz CT molecular complexity index is 368. The number of piperazine rings is 1. The van der Waals surface area contributed by atoms with Crippen LogP contribution in [0.1, 0.15) is 32.0 Å². The normalized spacial score (nSPS) is 23.4. The molecule has 0 saturated carbocycles. The highest BCUT2D eigenvalue weighted by Crippen LogP contribution is 2.21. The van der Waals surface area contributed by atoms with Gasteiger partial charge in [0.15, 0.2) is 0 Å². The van der Waals surface area contributed by atoms with Crippen LogP contribution in [0.2, 0.25) is 0 Å². The maximum absolute atomic E-state index is 5.98. The SMILES string of the molecule is CCCN1CCN(C(CN)c2ccccn2)CC1C. The fourth-order valence-electron chi connectivity index (χ4n) is 2.96. The minimum atomic E-state index is 0.257. The molecule has 1 aliphatic heterocycles. The van der Waals surface area contributed by atoms with E-state index in [2.05, 4.69) is 34.7 Å². The summed E-state index contributed by atoms with van der Waals surface area (Å²) < 4.78 is 0. The van der Waals surface area contributed by atoms with Crippen molar-refractivity contribution >= 4 is 0 Å². The summed E-state index contributed by atoms with van der Waals surface area (Å²) in [6, 6.07) is 6.94. The third-order valence-electron chi connectivity index (χ3n) is 4.00. The minimum Gasteiger partial charge on any atom is -0.329 e. The van der Waals surface area contributed by atoms with Crippen molar-refractivity contribution in [2.75, 3.05) is 32.7 Å². The summed E-state index contributed by atoms with van der Waals surface area (Å²) in [5, 5.41) is 0. The van der Waals surface area contributed by atoms with Gasteiger partial charge in [0.2, 0.25) is 0 Å². The number of aromatic nitrogens is 1. The summed E-state index contributed by atoms with van der Waals surface area (Å²) in [4.78, 5) is 9.53. The number of nitrogens with two attached hydrogens (primary N) is 1. The summed E-state index contributed by atoms with van der Waals surface area (Å²) in [7, 11) is 0. The van der Waals surface area contributed by atoms with E-state index in [1.54, 1.807) is 0 Å². The van der Waals surface area contributed by atoms with E-state index in [-0.39, 0.29) is 6.04 Å². The molecule has 2 unspecified atom stereocenters. The number of pyridine rings is 1. The predicted molar refractivity (Wildman–Crippen MR) is 78.9 cm³/mol. The van der Waals surface area contributed by atoms with Crippen LogP contribution in [-0.4, -0.2) is 53.5 Å². The first-order chi connectivity index (χ1) is 9.26. The summed E-state index contributed by atoms with van der Waals surface area (Å²) in [6.07, 6.45) is 3.08. The first-order valence-electron chi connectivity index (χ1n) is 7.35. The lowest BCUT2D eigenvalue weighted by Crippen LogP contribution is -2.53. The van der Waals surface area contributed by atoms with Gasteiger partial charge in [-0.2, -0.15) is 0 Å². The molecule has 0 aromatic carbocycles. The lowest BCUT2D eigenvalue weighted by atomic mass is 10.1. The molecule has 0 aliphatic carbocycles. The highest BCUT2D eigenvalue weighted by atomic mass is 15.3. The molecule has 0 radical (unpaired) electrons. The van der Waals surface area contributed by atoms with Gasteiger partial charge in [-0.15, -0.1) is 0 Å². The maximum atomic E-state index is 5.98. The summed E-state index contributed by atoms with van der Waals surface area (Å²) in [5.41, 5.74) is 7.08. The van der Waals surface area contributed by atoms with E-state index in [9.17, 15) is 0 Å². The van der Waals surface area contributed by atoms with E-state index in [1.807, 2.05) is 18.3 Å². The largest absolute Gasteiger partial charge is 0.329 e. The van der Waals surface area contributed by atoms with Crippen LogP contribution in [0.4, 0.5) is 0 Å². The van der Waals surface area contributed by atoms with Crippen LogP contribution in [0.15, 0.2) is 24.4 Å². The van der Waals surface area contributed by atoms with E-state index >= 15 is 0 Å². The van der Waals surface area contributed by atoms with Crippen LogP contribution in [0, 0.1) is 0 Å². The van der Waals surface area contributed by atoms with E-state index in [0.717, 1.165) is 25.3 Å². The van der Waals surface area contributed by atoms with Crippen molar-refractivity contribution in [3.63, 3.8) is 0 Å². The third kappa shape index (κ3) is 3.53. The number of rotatable bonds is 5. The van der Waals surface area contributed by atoms with Crippen LogP contribution in [0.5, 0.6) is 0 Å². The van der Waals surface area contributed by atoms with Crippen LogP contribution < -0.4 is 5.73 Å². The molecule has 1 aromatic heterocycles. The van der Waals surface area contributed by atoms with Gasteiger partial charge >= 0.3 is 0 Å². The zero-order chi connectivity index (χ0) is 13.7. The van der Waals surface area contributed by atoms with Crippen molar-refractivity contribution in [3.05, 3.63) is 30.1 Å². The van der Waals surface area contributed by atoms with Crippen LogP contribution in [0.3, 0.4) is 0 Å². The molecule has 106 valence electrons. The molecule has 0 spiro atoms. The molecule has 0 amide bonds. The Morgan fingerprint density at radius 2 is 2.26 bits per heavy atom. The minimum absolute atomic E-state index is 0.257. The number of nitrogens with zero attached hydrogens (tertiary/aromatic N) is 3. The average Bonchev–Trinajstić information content (AvgIpc) is 2.44. The molecule has 1 fully saturated rings. The number of hydrogen-bond donors (Lipinski definition) is 1. The first kappa shape index (κ1) is 14.4. The smallest absolute Gasteiger partial charge is 0.0645 e. The standard InChI is InChI=1S/C15H26N4/c1-3-8-18-9-10-19(12-13(18)2)15(11-16)14-6-4-5-7-17-14/h4-7,13,15H,3,8-12,16H2,1-2H3. The highest BCUT2D eigenvalue weighted by molar-refractivity contribution is 5.10. The fourth-order valence-corrected chi connectivity index (χ4v) is 2.96. The predicted octanol–water partition coefficient (Wildman–Crippen LogP) is 1.50. The van der Waals surface area contributed by atoms with E-state index < -0.39 is 0 Å². The molecule has 4 heteroatoms. The van der Waals surface area contributed by atoms with Gasteiger partial charge in [-0.05, 0) is 32.0 Å². The molecular weight excluding hydrogens is 236 g/mol. The lowest BCUT2D eigenvalue weighted by molar-refractivity contribution is 0.0560. The fraction of sp³-hybridized carbons (Fsp3) is 0.667. The molecule has 2 rings (SSSR count). The molecule has 1 aliphatic rings. The second-order valence-corrected chi connectivity index (χ2v) is 5.39. The van der Waals surface area contributed by atoms with Crippen LogP contribution in [0.25, 0.3) is 0 Å². The Morgan fingerprint density at radius 3 is 2.84 bits per heavy atom. The van der Waals surface area contributed by atoms with E-state index in [0.29, 0.717) is 12.6 Å². The van der Waals surface area contributed by atoms with Crippen molar-refractivity contribution in [1.29, 1.82) is 0 Å². The first-order valence-corrected chi connectivity index (χ1v) is 7.35. The molecule has 2 atom stereocenters. The van der Waals surface area contributed by atoms with Gasteiger partial charge in [0.25, 0.3) is 0 Å². The zero-order valence-corrected chi connectivity index (χ0v) is 12.1. The summed E-state index contributed by atoms with van der Waals surface area (Å²) in [6.45, 7) is 9.70. The number of hydrogen-bond acceptors (Lipinski definition) is 4. The third-order valence-corrected chi connectivity index (χ3v) is 4.00. The van der Waals surface area contributed by atoms with Gasteiger partial charge < -0.3 is 5.73 Å². The summed E-state index contributed by atoms with van der Waals surface area (Å²) >= 11 is 0. The van der Waals surface area contributed by atoms with Crippen molar-refractivity contribution < 1.29 is 0 Å². The van der Waals surface area contributed by atoms with Crippen molar-refractivity contribution in [1.82, 2.24) is 14.8 Å². The molecular formula is C15H26N4. The molecule has 1 saturated heterocycles. The highest BCUT2D eigenvalue weighted by Gasteiger charge is 2.28. The quantitative estimate of drug-likeness (QED) is 0.873. The van der Waals surface area contributed by atoms with Gasteiger partial charge in [-0.1, -0.05) is 13.0 Å². The summed E-state index contributed by atoms with van der Waals surface area (Å²) in [5.74, 6) is 0. The molecule has 2 heterocycles. The van der Waals surface area contributed by atoms with Gasteiger partial charge in [-0.3, -0.25) is 14.8 Å². The van der Waals surface area contributed by atoms with Gasteiger partial charge in [0.1, 0.15) is 0 Å². The Labute approximate surface area is 116 Å². The zero-order valence-electron chi connectivity index (χ0n) is 12.1. The Balaban J connectivity index is 2.02. The van der Waals surface area contributed by atoms with E-state index in [4.69, 9.17) is 5.73 Å². The molecule has 19 heavy (non-hydrogen) atoms. The Kier molecular flexibility index (Phi) is 5.31. The topological polar surface area (TPSA) is 45.4 Å². The van der Waals surface area contributed by atoms with Crippen LogP contribution in [-0.2, 0) is 0 Å². The van der Waals surface area contributed by atoms with Crippen molar-refractivity contribution in [3.8, 4) is 0 Å². The van der Waals surface area contributed by atoms with Crippen molar-refractivity contribution in [2.24, 2.45) is 5.73 Å². The van der Waals surface area contributed by atoms with Gasteiger partial charge in [0.05, 0.1) is 11.7 Å². The maximum Gasteiger partial charge on any atom is 0.0645 e. The molecule has 0 bridgehead atoms. The molecule has 1 aromatic rings. The van der Waals surface area contributed by atoms with Crippen LogP contribution >= 0.6 is 0 Å². The van der Waals surface area contributed by atoms with E-state index in [1.165, 1.54) is 13.0 Å². The second-order valence-electron chi connectivity index (χ2n) is 5.39. The Hall–Kier alpha value is -0.970. The lowest BCUT2D eigenvalue weighted by Gasteiger charge is -2.42. The van der Waals surface area contributed by atoms with Crippen molar-refractivity contribution in [2.45, 2.75) is 32.4 Å². The monoisotopic (exact) mass is 262 g/mol. The second kappa shape index (κ2) is 6.98.